The predicted octanol–water partition coefficient (Wildman–Crippen LogP) is 9.23. The number of hydrogen-bond acceptors (Lipinski definition) is 8. The van der Waals surface area contributed by atoms with Crippen molar-refractivity contribution >= 4 is 19.8 Å². The molecular weight excluding hydrogens is 683 g/mol. The summed E-state index contributed by atoms with van der Waals surface area (Å²) in [5.41, 5.74) is 0. The molecule has 0 fully saturated rings. The van der Waals surface area contributed by atoms with E-state index in [0.717, 1.165) is 57.8 Å². The molecule has 0 radical (unpaired) electrons. The van der Waals surface area contributed by atoms with E-state index in [1.807, 2.05) is 12.2 Å². The van der Waals surface area contributed by atoms with Crippen molar-refractivity contribution in [3.05, 3.63) is 85.1 Å². The molecule has 0 spiro atoms. The minimum absolute atomic E-state index is 0.116. The maximum absolute atomic E-state index is 12.4. The lowest BCUT2D eigenvalue weighted by Crippen LogP contribution is -2.30. The summed E-state index contributed by atoms with van der Waals surface area (Å²) in [5.74, 6) is -1.23. The van der Waals surface area contributed by atoms with Crippen molar-refractivity contribution in [2.75, 3.05) is 13.2 Å². The number of allylic oxidation sites excluding steroid dienone is 13. The van der Waals surface area contributed by atoms with E-state index in [1.165, 1.54) is 19.3 Å². The van der Waals surface area contributed by atoms with Gasteiger partial charge in [-0.1, -0.05) is 112 Å². The normalized spacial score (nSPS) is 14.7. The van der Waals surface area contributed by atoms with Gasteiger partial charge in [-0.25, -0.2) is 4.57 Å². The van der Waals surface area contributed by atoms with Crippen LogP contribution in [0.1, 0.15) is 129 Å². The van der Waals surface area contributed by atoms with E-state index in [9.17, 15) is 24.4 Å². The second-order valence-electron chi connectivity index (χ2n) is 12.5. The number of phosphoric acid groups is 1. The number of carbonyl (C=O) groups excluding carboxylic acids is 2. The zero-order valence-electron chi connectivity index (χ0n) is 31.6. The van der Waals surface area contributed by atoms with Crippen LogP contribution in [0.4, 0.5) is 0 Å². The molecule has 0 aliphatic rings. The number of esters is 2. The standard InChI is InChI=1S/C41H67O10P/c1-3-5-7-9-11-13-15-17-18-19-21-23-25-27-29-33-40(44)49-35-37(36-50-52(46,47)48)51-41(45)34-30-32-39(43)38(42)31-28-26-24-22-20-16-14-12-10-8-6-4-2/h5,7,11-14,17-18,20-23,26,28,37-39,42-43H,3-4,6,8-10,15-16,19,24-25,27,29-36H2,1-2H3,(H2,46,47,48)/b7-5-,13-11-,14-12-,18-17-,22-20-,23-21-,28-26-/t37-,38?,39?/m1/s1. The molecule has 52 heavy (non-hydrogen) atoms. The molecule has 0 rings (SSSR count). The lowest BCUT2D eigenvalue weighted by Gasteiger charge is -2.19. The number of hydrogen-bond donors (Lipinski definition) is 4. The molecule has 0 aliphatic heterocycles. The number of aliphatic hydroxyl groups excluding tert-OH is 2. The second kappa shape index (κ2) is 35.2. The molecular formula is C41H67O10P. The summed E-state index contributed by atoms with van der Waals surface area (Å²) >= 11 is 0. The van der Waals surface area contributed by atoms with Crippen molar-refractivity contribution in [3.8, 4) is 0 Å². The third kappa shape index (κ3) is 35.5. The zero-order chi connectivity index (χ0) is 38.5. The number of carbonyl (C=O) groups is 2. The average Bonchev–Trinajstić information content (AvgIpc) is 3.11. The summed E-state index contributed by atoms with van der Waals surface area (Å²) in [6.45, 7) is 3.23. The number of rotatable bonds is 33. The largest absolute Gasteiger partial charge is 0.469 e. The molecule has 0 aliphatic carbocycles. The van der Waals surface area contributed by atoms with Crippen LogP contribution in [-0.4, -0.2) is 63.5 Å². The third-order valence-electron chi connectivity index (χ3n) is 7.60. The topological polar surface area (TPSA) is 160 Å². The lowest BCUT2D eigenvalue weighted by molar-refractivity contribution is -0.161. The molecule has 0 saturated carbocycles. The highest BCUT2D eigenvalue weighted by Crippen LogP contribution is 2.36. The van der Waals surface area contributed by atoms with E-state index < -0.39 is 51.3 Å². The van der Waals surface area contributed by atoms with Crippen molar-refractivity contribution < 1.29 is 48.2 Å². The first-order chi connectivity index (χ1) is 25.1. The van der Waals surface area contributed by atoms with Gasteiger partial charge in [0.15, 0.2) is 6.10 Å². The second-order valence-corrected chi connectivity index (χ2v) is 13.7. The molecule has 2 unspecified atom stereocenters. The Morgan fingerprint density at radius 2 is 1.10 bits per heavy atom. The summed E-state index contributed by atoms with van der Waals surface area (Å²) < 4.78 is 26.1. The van der Waals surface area contributed by atoms with Crippen LogP contribution in [0.15, 0.2) is 85.1 Å². The first kappa shape index (κ1) is 49.1. The van der Waals surface area contributed by atoms with Crippen molar-refractivity contribution in [2.45, 2.75) is 148 Å². The summed E-state index contributed by atoms with van der Waals surface area (Å²) in [6.07, 6.45) is 39.1. The molecule has 0 aromatic carbocycles. The fourth-order valence-electron chi connectivity index (χ4n) is 4.64. The van der Waals surface area contributed by atoms with Gasteiger partial charge in [0.2, 0.25) is 0 Å². The van der Waals surface area contributed by atoms with Crippen molar-refractivity contribution in [1.82, 2.24) is 0 Å². The van der Waals surface area contributed by atoms with Crippen LogP contribution in [0.5, 0.6) is 0 Å². The molecule has 0 saturated heterocycles. The summed E-state index contributed by atoms with van der Waals surface area (Å²) in [5, 5.41) is 20.5. The first-order valence-electron chi connectivity index (χ1n) is 19.0. The smallest absolute Gasteiger partial charge is 0.462 e. The number of aliphatic hydroxyl groups is 2. The molecule has 4 N–H and O–H groups in total. The maximum Gasteiger partial charge on any atom is 0.469 e. The molecule has 3 atom stereocenters. The molecule has 0 aromatic heterocycles. The summed E-state index contributed by atoms with van der Waals surface area (Å²) in [7, 11) is -4.85. The van der Waals surface area contributed by atoms with Gasteiger partial charge in [-0.05, 0) is 89.9 Å². The fourth-order valence-corrected chi connectivity index (χ4v) is 5.00. The van der Waals surface area contributed by atoms with E-state index in [1.54, 1.807) is 0 Å². The van der Waals surface area contributed by atoms with Crippen molar-refractivity contribution in [1.29, 1.82) is 0 Å². The van der Waals surface area contributed by atoms with E-state index >= 15 is 0 Å². The molecule has 10 nitrogen and oxygen atoms in total. The Bertz CT molecular complexity index is 1150. The van der Waals surface area contributed by atoms with Crippen LogP contribution >= 0.6 is 7.82 Å². The van der Waals surface area contributed by atoms with Crippen LogP contribution in [0, 0.1) is 0 Å². The average molecular weight is 751 g/mol. The Morgan fingerprint density at radius 1 is 0.596 bits per heavy atom. The van der Waals surface area contributed by atoms with Gasteiger partial charge >= 0.3 is 19.8 Å². The third-order valence-corrected chi connectivity index (χ3v) is 8.08. The quantitative estimate of drug-likeness (QED) is 0.0220. The highest BCUT2D eigenvalue weighted by atomic mass is 31.2. The Kier molecular flexibility index (Phi) is 33.3. The van der Waals surface area contributed by atoms with Gasteiger partial charge in [0.25, 0.3) is 0 Å². The van der Waals surface area contributed by atoms with Crippen LogP contribution < -0.4 is 0 Å². The number of ether oxygens (including phenoxy) is 2. The van der Waals surface area contributed by atoms with E-state index in [2.05, 4.69) is 91.3 Å². The van der Waals surface area contributed by atoms with Gasteiger partial charge in [-0.2, -0.15) is 0 Å². The van der Waals surface area contributed by atoms with Crippen molar-refractivity contribution in [2.24, 2.45) is 0 Å². The molecule has 0 amide bonds. The first-order valence-corrected chi connectivity index (χ1v) is 20.6. The summed E-state index contributed by atoms with van der Waals surface area (Å²) in [4.78, 5) is 42.8. The van der Waals surface area contributed by atoms with E-state index in [4.69, 9.17) is 19.3 Å². The van der Waals surface area contributed by atoms with Gasteiger partial charge in [-0.3, -0.25) is 14.1 Å². The fraction of sp³-hybridized carbons (Fsp3) is 0.610. The van der Waals surface area contributed by atoms with Gasteiger partial charge in [0.05, 0.1) is 18.8 Å². The van der Waals surface area contributed by atoms with E-state index in [0.29, 0.717) is 6.42 Å². The highest BCUT2D eigenvalue weighted by Gasteiger charge is 2.23. The van der Waals surface area contributed by atoms with Crippen LogP contribution in [0.2, 0.25) is 0 Å². The van der Waals surface area contributed by atoms with Crippen molar-refractivity contribution in [3.63, 3.8) is 0 Å². The minimum Gasteiger partial charge on any atom is -0.462 e. The Labute approximate surface area is 313 Å². The minimum atomic E-state index is -4.85. The maximum atomic E-state index is 12.4. The Hall–Kier alpha value is -2.85. The molecule has 0 bridgehead atoms. The molecule has 0 heterocycles. The van der Waals surface area contributed by atoms with Crippen LogP contribution in [0.3, 0.4) is 0 Å². The van der Waals surface area contributed by atoms with Gasteiger partial charge < -0.3 is 29.5 Å². The Morgan fingerprint density at radius 3 is 1.63 bits per heavy atom. The molecule has 0 aromatic rings. The lowest BCUT2D eigenvalue weighted by atomic mass is 10.0. The summed E-state index contributed by atoms with van der Waals surface area (Å²) in [6, 6.07) is 0. The SMILES string of the molecule is CC/C=C\C/C=C\C/C=C\C/C=C\CCCCC(=O)OC[C@H](COP(=O)(O)O)OC(=O)CCCC(O)C(O)C/C=C\C/C=C\C/C=C\CCCCC. The van der Waals surface area contributed by atoms with Gasteiger partial charge in [0.1, 0.15) is 6.61 Å². The molecule has 296 valence electrons. The number of phosphoric ester groups is 1. The highest BCUT2D eigenvalue weighted by molar-refractivity contribution is 7.46. The zero-order valence-corrected chi connectivity index (χ0v) is 32.5. The van der Waals surface area contributed by atoms with E-state index in [-0.39, 0.29) is 32.1 Å². The van der Waals surface area contributed by atoms with Gasteiger partial charge in [-0.15, -0.1) is 0 Å². The van der Waals surface area contributed by atoms with Gasteiger partial charge in [0, 0.05) is 12.8 Å². The Balaban J connectivity index is 4.32. The van der Waals surface area contributed by atoms with Crippen LogP contribution in [0.25, 0.3) is 0 Å². The van der Waals surface area contributed by atoms with Crippen LogP contribution in [-0.2, 0) is 28.2 Å². The molecule has 11 heteroatoms. The monoisotopic (exact) mass is 750 g/mol. The predicted molar refractivity (Wildman–Crippen MR) is 209 cm³/mol. The number of unbranched alkanes of at least 4 members (excludes halogenated alkanes) is 5.